The second kappa shape index (κ2) is 9.08. The van der Waals surface area contributed by atoms with Gasteiger partial charge in [0.1, 0.15) is 12.7 Å². The Labute approximate surface area is 192 Å². The molecule has 0 bridgehead atoms. The second-order valence-corrected chi connectivity index (χ2v) is 10.5. The van der Waals surface area contributed by atoms with Crippen LogP contribution >= 0.6 is 23.2 Å². The molecule has 1 saturated carbocycles. The third-order valence-electron chi connectivity index (χ3n) is 5.63. The Balaban J connectivity index is 1.77. The minimum Gasteiger partial charge on any atom is -0.361 e. The molecule has 1 saturated heterocycles. The molecule has 1 aliphatic heterocycles. The Hall–Kier alpha value is -1.64. The number of hydrogen-bond donors (Lipinski definition) is 0. The van der Waals surface area contributed by atoms with Gasteiger partial charge in [-0.2, -0.15) is 8.42 Å². The van der Waals surface area contributed by atoms with E-state index in [1.54, 1.807) is 23.1 Å². The number of ether oxygens (including phenoxy) is 1. The van der Waals surface area contributed by atoms with E-state index >= 15 is 0 Å². The maximum atomic E-state index is 13.1. The predicted octanol–water partition coefficient (Wildman–Crippen LogP) is 4.39. The normalized spacial score (nSPS) is 23.1. The SMILES string of the molecule is CS(=O)(=O)OC[C@@H](C1CC1)N1C(=O)CO[C@H](c2cccc(Cl)c2)[C@H]1c1ccc(Cl)cc1. The molecule has 6 nitrogen and oxygen atoms in total. The van der Waals surface area contributed by atoms with Gasteiger partial charge in [0.15, 0.2) is 0 Å². The van der Waals surface area contributed by atoms with E-state index in [0.717, 1.165) is 30.2 Å². The molecule has 0 aromatic heterocycles. The Morgan fingerprint density at radius 2 is 1.81 bits per heavy atom. The first kappa shape index (κ1) is 22.6. The number of nitrogens with zero attached hydrogens (tertiary/aromatic N) is 1. The van der Waals surface area contributed by atoms with Crippen LogP contribution < -0.4 is 0 Å². The number of carbonyl (C=O) groups excluding carboxylic acids is 1. The zero-order valence-electron chi connectivity index (χ0n) is 16.9. The summed E-state index contributed by atoms with van der Waals surface area (Å²) in [5.74, 6) is -0.0224. The van der Waals surface area contributed by atoms with E-state index in [0.29, 0.717) is 10.0 Å². The lowest BCUT2D eigenvalue weighted by Crippen LogP contribution is -2.53. The molecule has 3 atom stereocenters. The smallest absolute Gasteiger partial charge is 0.264 e. The van der Waals surface area contributed by atoms with Crippen molar-refractivity contribution in [3.8, 4) is 0 Å². The molecular weight excluding hydrogens is 461 g/mol. The number of amides is 1. The fraction of sp³-hybridized carbons (Fsp3) is 0.409. The van der Waals surface area contributed by atoms with Gasteiger partial charge in [-0.15, -0.1) is 0 Å². The average molecular weight is 484 g/mol. The highest BCUT2D eigenvalue weighted by atomic mass is 35.5. The molecule has 2 aliphatic rings. The van der Waals surface area contributed by atoms with Crippen LogP contribution in [0, 0.1) is 5.92 Å². The molecule has 0 unspecified atom stereocenters. The van der Waals surface area contributed by atoms with Crippen LogP contribution in [-0.4, -0.2) is 44.7 Å². The van der Waals surface area contributed by atoms with Gasteiger partial charge in [0.25, 0.3) is 10.1 Å². The molecule has 0 N–H and O–H groups in total. The van der Waals surface area contributed by atoms with Crippen molar-refractivity contribution in [3.63, 3.8) is 0 Å². The highest BCUT2D eigenvalue weighted by Gasteiger charge is 2.47. The summed E-state index contributed by atoms with van der Waals surface area (Å²) in [6.45, 7) is -0.190. The third kappa shape index (κ3) is 5.41. The minimum absolute atomic E-state index is 0.0818. The number of halogens is 2. The Bertz CT molecular complexity index is 1060. The van der Waals surface area contributed by atoms with Crippen molar-refractivity contribution in [1.29, 1.82) is 0 Å². The number of hydrogen-bond acceptors (Lipinski definition) is 5. The van der Waals surface area contributed by atoms with Crippen LogP contribution in [0.2, 0.25) is 10.0 Å². The van der Waals surface area contributed by atoms with Gasteiger partial charge in [-0.05, 0) is 54.2 Å². The van der Waals surface area contributed by atoms with Crippen molar-refractivity contribution >= 4 is 39.2 Å². The molecule has 31 heavy (non-hydrogen) atoms. The van der Waals surface area contributed by atoms with Crippen molar-refractivity contribution in [2.24, 2.45) is 5.92 Å². The lowest BCUT2D eigenvalue weighted by Gasteiger charge is -2.45. The van der Waals surface area contributed by atoms with Gasteiger partial charge in [0.2, 0.25) is 5.91 Å². The Morgan fingerprint density at radius 1 is 1.10 bits per heavy atom. The van der Waals surface area contributed by atoms with Gasteiger partial charge < -0.3 is 9.64 Å². The molecule has 0 spiro atoms. The number of morpholine rings is 1. The van der Waals surface area contributed by atoms with Crippen molar-refractivity contribution in [1.82, 2.24) is 4.90 Å². The molecule has 2 aromatic carbocycles. The van der Waals surface area contributed by atoms with Crippen molar-refractivity contribution in [3.05, 3.63) is 69.7 Å². The zero-order chi connectivity index (χ0) is 22.2. The van der Waals surface area contributed by atoms with E-state index < -0.39 is 22.3 Å². The molecule has 2 fully saturated rings. The van der Waals surface area contributed by atoms with Crippen LogP contribution in [0.25, 0.3) is 0 Å². The van der Waals surface area contributed by atoms with Crippen LogP contribution in [0.4, 0.5) is 0 Å². The summed E-state index contributed by atoms with van der Waals surface area (Å²) in [7, 11) is -3.64. The summed E-state index contributed by atoms with van der Waals surface area (Å²) in [6, 6.07) is 13.7. The summed E-state index contributed by atoms with van der Waals surface area (Å²) in [5, 5.41) is 1.15. The fourth-order valence-electron chi connectivity index (χ4n) is 4.09. The Morgan fingerprint density at radius 3 is 2.42 bits per heavy atom. The first-order valence-corrected chi connectivity index (χ1v) is 12.6. The minimum atomic E-state index is -3.64. The third-order valence-corrected chi connectivity index (χ3v) is 6.68. The van der Waals surface area contributed by atoms with E-state index in [1.807, 2.05) is 30.3 Å². The van der Waals surface area contributed by atoms with Gasteiger partial charge in [-0.1, -0.05) is 47.5 Å². The molecule has 1 aliphatic carbocycles. The number of carbonyl (C=O) groups is 1. The first-order valence-electron chi connectivity index (χ1n) is 10.0. The first-order chi connectivity index (χ1) is 14.7. The fourth-order valence-corrected chi connectivity index (χ4v) is 4.81. The largest absolute Gasteiger partial charge is 0.361 e. The molecule has 4 rings (SSSR count). The monoisotopic (exact) mass is 483 g/mol. The van der Waals surface area contributed by atoms with Crippen LogP contribution in [0.15, 0.2) is 48.5 Å². The summed E-state index contributed by atoms with van der Waals surface area (Å²) < 4.78 is 34.5. The van der Waals surface area contributed by atoms with Crippen LogP contribution in [0.1, 0.15) is 36.1 Å². The number of benzene rings is 2. The molecule has 0 radical (unpaired) electrons. The topological polar surface area (TPSA) is 72.9 Å². The molecule has 9 heteroatoms. The summed E-state index contributed by atoms with van der Waals surface area (Å²) >= 11 is 12.3. The standard InChI is InChI=1S/C22H23Cl2NO5S/c1-31(27,28)30-12-19(14-5-6-14)25-20(26)13-29-22(16-3-2-4-18(24)11-16)21(25)15-7-9-17(23)10-8-15/h2-4,7-11,14,19,21-22H,5-6,12-13H2,1H3/t19-,21+,22+/m0/s1. The van der Waals surface area contributed by atoms with Crippen LogP contribution in [-0.2, 0) is 23.8 Å². The highest BCUT2D eigenvalue weighted by molar-refractivity contribution is 7.85. The van der Waals surface area contributed by atoms with Gasteiger partial charge in [0.05, 0.1) is 24.9 Å². The van der Waals surface area contributed by atoms with E-state index in [4.69, 9.17) is 32.1 Å². The Kier molecular flexibility index (Phi) is 6.60. The lowest BCUT2D eigenvalue weighted by molar-refractivity contribution is -0.165. The van der Waals surface area contributed by atoms with E-state index in [2.05, 4.69) is 0 Å². The second-order valence-electron chi connectivity index (χ2n) is 7.98. The summed E-state index contributed by atoms with van der Waals surface area (Å²) in [6.07, 6.45) is 2.37. The van der Waals surface area contributed by atoms with Crippen LogP contribution in [0.3, 0.4) is 0 Å². The van der Waals surface area contributed by atoms with Crippen molar-refractivity contribution in [2.45, 2.75) is 31.0 Å². The van der Waals surface area contributed by atoms with Gasteiger partial charge in [0, 0.05) is 10.0 Å². The quantitative estimate of drug-likeness (QED) is 0.546. The summed E-state index contributed by atoms with van der Waals surface area (Å²) in [4.78, 5) is 14.9. The molecular formula is C22H23Cl2NO5S. The predicted molar refractivity (Wildman–Crippen MR) is 118 cm³/mol. The van der Waals surface area contributed by atoms with Gasteiger partial charge in [-0.25, -0.2) is 0 Å². The van der Waals surface area contributed by atoms with E-state index in [1.165, 1.54) is 0 Å². The lowest BCUT2D eigenvalue weighted by atomic mass is 9.91. The van der Waals surface area contributed by atoms with E-state index in [9.17, 15) is 13.2 Å². The van der Waals surface area contributed by atoms with Gasteiger partial charge >= 0.3 is 0 Å². The molecule has 1 amide bonds. The average Bonchev–Trinajstić information content (AvgIpc) is 3.54. The molecule has 1 heterocycles. The maximum Gasteiger partial charge on any atom is 0.264 e. The highest BCUT2D eigenvalue weighted by Crippen LogP contribution is 2.46. The van der Waals surface area contributed by atoms with Crippen molar-refractivity contribution in [2.75, 3.05) is 19.5 Å². The molecule has 2 aromatic rings. The maximum absolute atomic E-state index is 13.1. The molecule has 166 valence electrons. The summed E-state index contributed by atoms with van der Waals surface area (Å²) in [5.41, 5.74) is 1.68. The number of rotatable bonds is 7. The van der Waals surface area contributed by atoms with E-state index in [-0.39, 0.29) is 31.1 Å². The zero-order valence-corrected chi connectivity index (χ0v) is 19.2. The van der Waals surface area contributed by atoms with Crippen LogP contribution in [0.5, 0.6) is 0 Å². The van der Waals surface area contributed by atoms with Crippen molar-refractivity contribution < 1.29 is 22.1 Å². The van der Waals surface area contributed by atoms with Gasteiger partial charge in [-0.3, -0.25) is 8.98 Å².